The monoisotopic (exact) mass is 524 g/mol. The molecule has 0 spiro atoms. The fourth-order valence-electron chi connectivity index (χ4n) is 2.75. The number of benzene rings is 2. The van der Waals surface area contributed by atoms with Gasteiger partial charge in [-0.2, -0.15) is 0 Å². The van der Waals surface area contributed by atoms with E-state index in [1.807, 2.05) is 0 Å². The molecule has 38 heavy (non-hydrogen) atoms. The van der Waals surface area contributed by atoms with Crippen molar-refractivity contribution in [1.29, 1.82) is 0 Å². The third kappa shape index (κ3) is 8.24. The topological polar surface area (TPSA) is 196 Å². The summed E-state index contributed by atoms with van der Waals surface area (Å²) in [5, 5.41) is 12.2. The quantitative estimate of drug-likeness (QED) is 0.254. The minimum atomic E-state index is -1.27. The van der Waals surface area contributed by atoms with Gasteiger partial charge in [-0.15, -0.1) is 0 Å². The summed E-state index contributed by atoms with van der Waals surface area (Å²) in [7, 11) is 1.21. The molecular weight excluding hydrogens is 500 g/mol. The van der Waals surface area contributed by atoms with Gasteiger partial charge in [-0.1, -0.05) is 36.4 Å². The number of ketones is 1. The molecule has 0 saturated heterocycles. The fraction of sp³-hybridized carbons (Fsp3) is 0.154. The zero-order valence-electron chi connectivity index (χ0n) is 20.4. The van der Waals surface area contributed by atoms with E-state index >= 15 is 0 Å². The van der Waals surface area contributed by atoms with Crippen LogP contribution >= 0.6 is 0 Å². The molecule has 0 unspecified atom stereocenters. The number of Topliss-reactive ketones (excluding diaryl/α,β-unsaturated/α-hetero) is 1. The number of rotatable bonds is 5. The highest BCUT2D eigenvalue weighted by molar-refractivity contribution is 5.98. The molecule has 0 fully saturated rings. The predicted octanol–water partition coefficient (Wildman–Crippen LogP) is 1.72. The lowest BCUT2D eigenvalue weighted by atomic mass is 10.2. The Balaban J connectivity index is 0.000000234. The van der Waals surface area contributed by atoms with Crippen LogP contribution in [0.2, 0.25) is 0 Å². The van der Waals surface area contributed by atoms with Crippen LogP contribution in [0.15, 0.2) is 79.1 Å². The van der Waals surface area contributed by atoms with E-state index in [1.54, 1.807) is 48.5 Å². The van der Waals surface area contributed by atoms with Gasteiger partial charge in [-0.05, 0) is 31.2 Å². The number of hydrogen-bond donors (Lipinski definition) is 3. The lowest BCUT2D eigenvalue weighted by Crippen LogP contribution is -2.33. The molecule has 4 N–H and O–H groups in total. The van der Waals surface area contributed by atoms with E-state index in [2.05, 4.69) is 10.1 Å². The summed E-state index contributed by atoms with van der Waals surface area (Å²) in [6.07, 6.45) is 0. The second kappa shape index (κ2) is 13.8. The highest BCUT2D eigenvalue weighted by atomic mass is 16.5. The number of carbonyl (C=O) groups is 4. The number of carbonyl (C=O) groups excluding carboxylic acids is 3. The van der Waals surface area contributed by atoms with Gasteiger partial charge in [0.25, 0.3) is 5.91 Å². The molecule has 0 saturated carbocycles. The number of methoxy groups -OCH3 is 1. The number of fused-ring (bicyclic) bond motifs is 2. The van der Waals surface area contributed by atoms with Gasteiger partial charge in [0.1, 0.15) is 34.6 Å². The molecule has 0 atom stereocenters. The summed E-state index contributed by atoms with van der Waals surface area (Å²) in [5.41, 5.74) is 3.55. The Labute approximate surface area is 214 Å². The first-order chi connectivity index (χ1) is 18.1. The molecule has 198 valence electrons. The molecule has 1 amide bonds. The smallest absolute Gasteiger partial charge is 0.351 e. The van der Waals surface area contributed by atoms with E-state index in [-0.39, 0.29) is 30.0 Å². The summed E-state index contributed by atoms with van der Waals surface area (Å²) in [5.74, 6) is -2.52. The number of esters is 1. The maximum Gasteiger partial charge on any atom is 0.351 e. The molecule has 12 heteroatoms. The van der Waals surface area contributed by atoms with Crippen molar-refractivity contribution >= 4 is 45.6 Å². The standard InChI is InChI=1S/C13H11NO5.C10H6O4.C3H7NO/c1-18-11(15)7-14-12(16)9-6-8-4-2-3-5-10(8)19-13(9)17;11-9(12)7-5-6-3-1-2-4-8(6)14-10(7)13;1-3(5)2-4/h2-6H,7H2,1H3,(H,14,16);1-5H,(H,11,12);2,4H2,1H3. The Morgan fingerprint density at radius 3 is 1.76 bits per heavy atom. The van der Waals surface area contributed by atoms with Crippen LogP contribution in [0.1, 0.15) is 27.6 Å². The molecule has 4 aromatic rings. The molecule has 2 heterocycles. The summed E-state index contributed by atoms with van der Waals surface area (Å²) in [4.78, 5) is 65.7. The second-order valence-corrected chi connectivity index (χ2v) is 7.44. The molecule has 0 aliphatic heterocycles. The average Bonchev–Trinajstić information content (AvgIpc) is 2.91. The summed E-state index contributed by atoms with van der Waals surface area (Å²) in [6.45, 7) is 1.32. The SMILES string of the molecule is CC(=O)CN.COC(=O)CNC(=O)c1cc2ccccc2oc1=O.O=C(O)c1cc2ccccc2oc1=O. The molecule has 0 radical (unpaired) electrons. The van der Waals surface area contributed by atoms with Gasteiger partial charge < -0.3 is 29.7 Å². The molecule has 2 aromatic heterocycles. The number of nitrogens with two attached hydrogens (primary N) is 1. The number of amides is 1. The third-order valence-corrected chi connectivity index (χ3v) is 4.67. The summed E-state index contributed by atoms with van der Waals surface area (Å²) < 4.78 is 14.2. The first-order valence-corrected chi connectivity index (χ1v) is 10.9. The van der Waals surface area contributed by atoms with Crippen LogP contribution in [-0.4, -0.2) is 48.9 Å². The van der Waals surface area contributed by atoms with Crippen molar-refractivity contribution in [2.45, 2.75) is 6.92 Å². The minimum absolute atomic E-state index is 0.0324. The highest BCUT2D eigenvalue weighted by Gasteiger charge is 2.14. The van der Waals surface area contributed by atoms with Crippen LogP contribution < -0.4 is 22.3 Å². The molecule has 2 aromatic carbocycles. The van der Waals surface area contributed by atoms with E-state index in [0.29, 0.717) is 21.9 Å². The zero-order valence-corrected chi connectivity index (χ0v) is 20.4. The summed E-state index contributed by atoms with van der Waals surface area (Å²) in [6, 6.07) is 16.3. The zero-order chi connectivity index (χ0) is 28.2. The van der Waals surface area contributed by atoms with Gasteiger partial charge in [0.2, 0.25) is 0 Å². The lowest BCUT2D eigenvalue weighted by molar-refractivity contribution is -0.139. The van der Waals surface area contributed by atoms with Crippen LogP contribution in [0, 0.1) is 0 Å². The second-order valence-electron chi connectivity index (χ2n) is 7.44. The lowest BCUT2D eigenvalue weighted by Gasteiger charge is -2.03. The Hall–Kier alpha value is -5.10. The van der Waals surface area contributed by atoms with E-state index in [1.165, 1.54) is 26.2 Å². The summed E-state index contributed by atoms with van der Waals surface area (Å²) >= 11 is 0. The fourth-order valence-corrected chi connectivity index (χ4v) is 2.75. The largest absolute Gasteiger partial charge is 0.477 e. The number of ether oxygens (including phenoxy) is 1. The van der Waals surface area contributed by atoms with Crippen LogP contribution in [0.25, 0.3) is 21.9 Å². The maximum atomic E-state index is 11.8. The Kier molecular flexibility index (Phi) is 10.6. The van der Waals surface area contributed by atoms with Gasteiger partial charge >= 0.3 is 23.2 Å². The number of aromatic carboxylic acids is 1. The molecule has 12 nitrogen and oxygen atoms in total. The normalized spacial score (nSPS) is 9.87. The van der Waals surface area contributed by atoms with Gasteiger partial charge in [0.15, 0.2) is 0 Å². The molecule has 0 aliphatic carbocycles. The van der Waals surface area contributed by atoms with E-state index < -0.39 is 29.1 Å². The van der Waals surface area contributed by atoms with Crippen LogP contribution in [-0.2, 0) is 14.3 Å². The molecule has 0 bridgehead atoms. The van der Waals surface area contributed by atoms with Crippen molar-refractivity contribution in [3.8, 4) is 0 Å². The molecule has 4 rings (SSSR count). The van der Waals surface area contributed by atoms with Gasteiger partial charge in [0.05, 0.1) is 13.7 Å². The number of hydrogen-bond acceptors (Lipinski definition) is 10. The van der Waals surface area contributed by atoms with Crippen molar-refractivity contribution in [2.24, 2.45) is 5.73 Å². The van der Waals surface area contributed by atoms with E-state index in [4.69, 9.17) is 19.7 Å². The Morgan fingerprint density at radius 2 is 1.32 bits per heavy atom. The van der Waals surface area contributed by atoms with Crippen molar-refractivity contribution in [3.05, 3.63) is 92.6 Å². The number of carboxylic acids is 1. The highest BCUT2D eigenvalue weighted by Crippen LogP contribution is 2.13. The van der Waals surface area contributed by atoms with Crippen LogP contribution in [0.3, 0.4) is 0 Å². The Bertz CT molecular complexity index is 1590. The number of nitrogens with one attached hydrogen (secondary N) is 1. The molecular formula is C26H24N2O10. The van der Waals surface area contributed by atoms with Crippen molar-refractivity contribution < 1.29 is 37.9 Å². The van der Waals surface area contributed by atoms with Gasteiger partial charge in [-0.3, -0.25) is 14.4 Å². The van der Waals surface area contributed by atoms with Crippen molar-refractivity contribution in [1.82, 2.24) is 5.32 Å². The maximum absolute atomic E-state index is 11.8. The van der Waals surface area contributed by atoms with Crippen LogP contribution in [0.5, 0.6) is 0 Å². The van der Waals surface area contributed by atoms with E-state index in [0.717, 1.165) is 0 Å². The van der Waals surface area contributed by atoms with Gasteiger partial charge in [0, 0.05) is 10.8 Å². The van der Waals surface area contributed by atoms with E-state index in [9.17, 15) is 28.8 Å². The van der Waals surface area contributed by atoms with Crippen LogP contribution in [0.4, 0.5) is 0 Å². The minimum Gasteiger partial charge on any atom is -0.477 e. The first kappa shape index (κ1) is 29.1. The van der Waals surface area contributed by atoms with Gasteiger partial charge in [-0.25, -0.2) is 14.4 Å². The van der Waals surface area contributed by atoms with Crippen molar-refractivity contribution in [2.75, 3.05) is 20.2 Å². The first-order valence-electron chi connectivity index (χ1n) is 10.9. The number of carboxylic acid groups (broad SMARTS) is 1. The Morgan fingerprint density at radius 1 is 0.868 bits per heavy atom. The molecule has 0 aliphatic rings. The average molecular weight is 524 g/mol. The predicted molar refractivity (Wildman–Crippen MR) is 136 cm³/mol. The number of para-hydroxylation sites is 2. The van der Waals surface area contributed by atoms with Crippen molar-refractivity contribution in [3.63, 3.8) is 0 Å². The third-order valence-electron chi connectivity index (χ3n) is 4.67.